The third kappa shape index (κ3) is 2.72. The Kier molecular flexibility index (Phi) is 4.24. The number of esters is 1. The molecule has 1 atom stereocenters. The number of carbonyl (C=O) groups excluding carboxylic acids is 1. The first kappa shape index (κ1) is 14.6. The van der Waals surface area contributed by atoms with Gasteiger partial charge < -0.3 is 15.2 Å². The van der Waals surface area contributed by atoms with Gasteiger partial charge in [-0.2, -0.15) is 5.26 Å². The Morgan fingerprint density at radius 2 is 2.38 bits per heavy atom. The summed E-state index contributed by atoms with van der Waals surface area (Å²) in [6, 6.07) is 5.52. The van der Waals surface area contributed by atoms with E-state index in [0.29, 0.717) is 11.3 Å². The summed E-state index contributed by atoms with van der Waals surface area (Å²) in [6.07, 6.45) is 3.20. The molecule has 1 aromatic heterocycles. The molecular weight excluding hydrogens is 270 g/mol. The zero-order valence-corrected chi connectivity index (χ0v) is 11.8. The minimum Gasteiger partial charge on any atom is -0.463 e. The Labute approximate surface area is 122 Å². The molecule has 1 aromatic rings. The van der Waals surface area contributed by atoms with E-state index >= 15 is 0 Å². The highest BCUT2D eigenvalue weighted by molar-refractivity contribution is 5.92. The van der Waals surface area contributed by atoms with E-state index in [9.17, 15) is 10.1 Å². The van der Waals surface area contributed by atoms with Crippen molar-refractivity contribution in [2.45, 2.75) is 19.8 Å². The summed E-state index contributed by atoms with van der Waals surface area (Å²) in [7, 11) is 0. The maximum atomic E-state index is 12.2. The van der Waals surface area contributed by atoms with Crippen molar-refractivity contribution in [2.24, 2.45) is 5.73 Å². The molecule has 0 saturated heterocycles. The van der Waals surface area contributed by atoms with Gasteiger partial charge in [-0.05, 0) is 25.5 Å². The van der Waals surface area contributed by atoms with Gasteiger partial charge in [0.05, 0.1) is 18.1 Å². The Bertz CT molecular complexity index is 656. The molecule has 0 spiro atoms. The third-order valence-corrected chi connectivity index (χ3v) is 3.12. The van der Waals surface area contributed by atoms with E-state index in [1.807, 2.05) is 6.07 Å². The van der Waals surface area contributed by atoms with Crippen LogP contribution in [-0.2, 0) is 14.3 Å². The highest BCUT2D eigenvalue weighted by Gasteiger charge is 2.36. The molecular formula is C15H15N3O3. The average molecular weight is 285 g/mol. The van der Waals surface area contributed by atoms with Gasteiger partial charge in [0, 0.05) is 12.4 Å². The van der Waals surface area contributed by atoms with E-state index in [1.165, 1.54) is 0 Å². The molecule has 0 radical (unpaired) electrons. The van der Waals surface area contributed by atoms with Crippen molar-refractivity contribution < 1.29 is 14.3 Å². The number of hydrogen-bond acceptors (Lipinski definition) is 6. The number of nitriles is 1. The van der Waals surface area contributed by atoms with Crippen molar-refractivity contribution in [1.29, 1.82) is 5.26 Å². The van der Waals surface area contributed by atoms with Crippen LogP contribution in [0.2, 0.25) is 0 Å². The van der Waals surface area contributed by atoms with Crippen molar-refractivity contribution in [1.82, 2.24) is 4.98 Å². The molecule has 0 aromatic carbocycles. The van der Waals surface area contributed by atoms with Crippen LogP contribution in [0.25, 0.3) is 0 Å². The lowest BCUT2D eigenvalue weighted by atomic mass is 9.84. The second-order valence-electron chi connectivity index (χ2n) is 4.40. The number of aromatic nitrogens is 1. The third-order valence-electron chi connectivity index (χ3n) is 3.12. The quantitative estimate of drug-likeness (QED) is 0.849. The molecule has 0 amide bonds. The van der Waals surface area contributed by atoms with Crippen molar-refractivity contribution in [3.05, 3.63) is 52.9 Å². The summed E-state index contributed by atoms with van der Waals surface area (Å²) in [5.41, 5.74) is 6.91. The standard InChI is InChI=1S/C15H15N3O3/c1-3-20-15(19)12-9(2)21-14(17)11(7-16)13(12)10-5-4-6-18-8-10/h4-6,8,13H,3,17H2,1-2H3. The minimum atomic E-state index is -0.628. The van der Waals surface area contributed by atoms with Crippen LogP contribution in [0.4, 0.5) is 0 Å². The van der Waals surface area contributed by atoms with Crippen LogP contribution in [-0.4, -0.2) is 17.6 Å². The van der Waals surface area contributed by atoms with Gasteiger partial charge in [0.2, 0.25) is 5.88 Å². The van der Waals surface area contributed by atoms with Gasteiger partial charge in [0.1, 0.15) is 17.4 Å². The predicted molar refractivity (Wildman–Crippen MR) is 74.2 cm³/mol. The Morgan fingerprint density at radius 3 is 2.95 bits per heavy atom. The summed E-state index contributed by atoms with van der Waals surface area (Å²) in [4.78, 5) is 16.2. The van der Waals surface area contributed by atoms with Gasteiger partial charge in [0.15, 0.2) is 0 Å². The van der Waals surface area contributed by atoms with Gasteiger partial charge in [-0.1, -0.05) is 6.07 Å². The summed E-state index contributed by atoms with van der Waals surface area (Å²) < 4.78 is 10.4. The fourth-order valence-corrected chi connectivity index (χ4v) is 2.23. The van der Waals surface area contributed by atoms with E-state index in [0.717, 1.165) is 0 Å². The first-order chi connectivity index (χ1) is 10.1. The zero-order valence-electron chi connectivity index (χ0n) is 11.8. The van der Waals surface area contributed by atoms with Gasteiger partial charge in [0.25, 0.3) is 0 Å². The van der Waals surface area contributed by atoms with Crippen molar-refractivity contribution in [2.75, 3.05) is 6.61 Å². The normalized spacial score (nSPS) is 18.0. The first-order valence-electron chi connectivity index (χ1n) is 6.45. The molecule has 2 rings (SSSR count). The van der Waals surface area contributed by atoms with Crippen molar-refractivity contribution in [3.8, 4) is 6.07 Å². The summed E-state index contributed by atoms with van der Waals surface area (Å²) in [5, 5.41) is 9.35. The van der Waals surface area contributed by atoms with Crippen LogP contribution in [0.1, 0.15) is 25.3 Å². The number of allylic oxidation sites excluding steroid dienone is 2. The number of carbonyl (C=O) groups is 1. The fourth-order valence-electron chi connectivity index (χ4n) is 2.23. The second-order valence-corrected chi connectivity index (χ2v) is 4.40. The topological polar surface area (TPSA) is 98.2 Å². The first-order valence-corrected chi connectivity index (χ1v) is 6.45. The molecule has 0 aliphatic carbocycles. The van der Waals surface area contributed by atoms with Gasteiger partial charge >= 0.3 is 5.97 Å². The Hall–Kier alpha value is -2.81. The largest absolute Gasteiger partial charge is 0.463 e. The molecule has 1 aliphatic rings. The van der Waals surface area contributed by atoms with Gasteiger partial charge in [-0.3, -0.25) is 4.98 Å². The van der Waals surface area contributed by atoms with E-state index in [4.69, 9.17) is 15.2 Å². The SMILES string of the molecule is CCOC(=O)C1=C(C)OC(N)=C(C#N)C1c1cccnc1. The predicted octanol–water partition coefficient (Wildman–Crippen LogP) is 1.73. The minimum absolute atomic E-state index is 0.00287. The fraction of sp³-hybridized carbons (Fsp3) is 0.267. The van der Waals surface area contributed by atoms with Crippen molar-refractivity contribution >= 4 is 5.97 Å². The molecule has 0 fully saturated rings. The lowest BCUT2D eigenvalue weighted by Crippen LogP contribution is -2.25. The van der Waals surface area contributed by atoms with E-state index in [2.05, 4.69) is 4.98 Å². The lowest BCUT2D eigenvalue weighted by Gasteiger charge is -2.26. The molecule has 0 saturated carbocycles. The molecule has 2 N–H and O–H groups in total. The Balaban J connectivity index is 2.58. The number of rotatable bonds is 3. The van der Waals surface area contributed by atoms with Crippen molar-refractivity contribution in [3.63, 3.8) is 0 Å². The summed E-state index contributed by atoms with van der Waals surface area (Å²) in [6.45, 7) is 3.57. The number of ether oxygens (including phenoxy) is 2. The van der Waals surface area contributed by atoms with E-state index < -0.39 is 11.9 Å². The maximum Gasteiger partial charge on any atom is 0.338 e. The van der Waals surface area contributed by atoms with Crippen LogP contribution in [0.15, 0.2) is 47.3 Å². The molecule has 0 bridgehead atoms. The van der Waals surface area contributed by atoms with Gasteiger partial charge in [-0.25, -0.2) is 4.79 Å². The van der Waals surface area contributed by atoms with Crippen LogP contribution in [0.5, 0.6) is 0 Å². The lowest BCUT2D eigenvalue weighted by molar-refractivity contribution is -0.139. The molecule has 1 unspecified atom stereocenters. The number of nitrogens with two attached hydrogens (primary N) is 1. The smallest absolute Gasteiger partial charge is 0.338 e. The molecule has 2 heterocycles. The molecule has 21 heavy (non-hydrogen) atoms. The second kappa shape index (κ2) is 6.09. The molecule has 108 valence electrons. The highest BCUT2D eigenvalue weighted by Crippen LogP contribution is 2.39. The average Bonchev–Trinajstić information content (AvgIpc) is 2.47. The van der Waals surface area contributed by atoms with Crippen LogP contribution in [0, 0.1) is 11.3 Å². The van der Waals surface area contributed by atoms with E-state index in [1.54, 1.807) is 38.4 Å². The maximum absolute atomic E-state index is 12.2. The Morgan fingerprint density at radius 1 is 1.62 bits per heavy atom. The summed E-state index contributed by atoms with van der Waals surface area (Å²) >= 11 is 0. The van der Waals surface area contributed by atoms with E-state index in [-0.39, 0.29) is 23.6 Å². The van der Waals surface area contributed by atoms with Gasteiger partial charge in [-0.15, -0.1) is 0 Å². The highest BCUT2D eigenvalue weighted by atomic mass is 16.5. The van der Waals surface area contributed by atoms with Crippen LogP contribution in [0.3, 0.4) is 0 Å². The molecule has 6 heteroatoms. The van der Waals surface area contributed by atoms with Crippen LogP contribution < -0.4 is 5.73 Å². The number of pyridine rings is 1. The zero-order chi connectivity index (χ0) is 15.4. The monoisotopic (exact) mass is 285 g/mol. The van der Waals surface area contributed by atoms with Crippen LogP contribution >= 0.6 is 0 Å². The molecule has 6 nitrogen and oxygen atoms in total. The number of nitrogens with zero attached hydrogens (tertiary/aromatic N) is 2. The molecule has 1 aliphatic heterocycles. The summed E-state index contributed by atoms with van der Waals surface area (Å²) in [5.74, 6) is -0.823. The number of hydrogen-bond donors (Lipinski definition) is 1.